The third kappa shape index (κ3) is 4.99. The molecular weight excluding hydrogens is 362 g/mol. The van der Waals surface area contributed by atoms with E-state index in [2.05, 4.69) is 12.2 Å². The van der Waals surface area contributed by atoms with Crippen LogP contribution in [-0.4, -0.2) is 42.5 Å². The molecule has 3 rings (SSSR count). The quantitative estimate of drug-likeness (QED) is 0.437. The lowest BCUT2D eigenvalue weighted by molar-refractivity contribution is -0.384. The highest BCUT2D eigenvalue weighted by molar-refractivity contribution is 5.93. The van der Waals surface area contributed by atoms with E-state index in [9.17, 15) is 19.7 Å². The fourth-order valence-electron chi connectivity index (χ4n) is 3.70. The highest BCUT2D eigenvalue weighted by Crippen LogP contribution is 2.33. The van der Waals surface area contributed by atoms with Crippen LogP contribution in [0.2, 0.25) is 0 Å². The molecular formula is C20H27N3O5. The molecule has 0 aromatic heterocycles. The number of anilines is 1. The number of nitrogens with one attached hydrogen (secondary N) is 1. The Bertz CT molecular complexity index is 762. The second-order valence-corrected chi connectivity index (χ2v) is 7.92. The summed E-state index contributed by atoms with van der Waals surface area (Å²) in [4.78, 5) is 37.2. The Labute approximate surface area is 164 Å². The third-order valence-electron chi connectivity index (χ3n) is 5.46. The first kappa shape index (κ1) is 20.1. The van der Waals surface area contributed by atoms with Crippen LogP contribution in [0.4, 0.5) is 11.4 Å². The summed E-state index contributed by atoms with van der Waals surface area (Å²) in [6.45, 7) is 5.17. The van der Waals surface area contributed by atoms with Gasteiger partial charge >= 0.3 is 5.97 Å². The van der Waals surface area contributed by atoms with E-state index < -0.39 is 17.5 Å². The van der Waals surface area contributed by atoms with Crippen molar-refractivity contribution >= 4 is 23.3 Å². The van der Waals surface area contributed by atoms with Crippen LogP contribution in [0.5, 0.6) is 0 Å². The lowest BCUT2D eigenvalue weighted by atomic mass is 9.99. The molecule has 1 amide bonds. The van der Waals surface area contributed by atoms with E-state index in [1.54, 1.807) is 6.07 Å². The van der Waals surface area contributed by atoms with Crippen LogP contribution < -0.4 is 10.2 Å². The van der Waals surface area contributed by atoms with Crippen molar-refractivity contribution in [1.82, 2.24) is 5.32 Å². The number of carbonyl (C=O) groups is 2. The Kier molecular flexibility index (Phi) is 6.16. The van der Waals surface area contributed by atoms with E-state index in [0.717, 1.165) is 38.8 Å². The second kappa shape index (κ2) is 8.58. The van der Waals surface area contributed by atoms with Crippen molar-refractivity contribution in [1.29, 1.82) is 0 Å². The van der Waals surface area contributed by atoms with Crippen molar-refractivity contribution < 1.29 is 19.2 Å². The summed E-state index contributed by atoms with van der Waals surface area (Å²) in [7, 11) is 0. The maximum absolute atomic E-state index is 12.3. The van der Waals surface area contributed by atoms with Gasteiger partial charge in [0.15, 0.2) is 6.61 Å². The number of carbonyl (C=O) groups excluding carboxylic acids is 2. The van der Waals surface area contributed by atoms with Gasteiger partial charge in [0.1, 0.15) is 5.69 Å². The first-order valence-electron chi connectivity index (χ1n) is 9.85. The van der Waals surface area contributed by atoms with E-state index in [-0.39, 0.29) is 23.2 Å². The van der Waals surface area contributed by atoms with Crippen molar-refractivity contribution in [3.05, 3.63) is 33.9 Å². The van der Waals surface area contributed by atoms with Crippen molar-refractivity contribution in [2.75, 3.05) is 24.6 Å². The molecule has 1 saturated heterocycles. The zero-order chi connectivity index (χ0) is 20.3. The van der Waals surface area contributed by atoms with Crippen LogP contribution in [0, 0.1) is 22.0 Å². The normalized spacial score (nSPS) is 20.4. The number of hydrogen-bond donors (Lipinski definition) is 1. The van der Waals surface area contributed by atoms with E-state index in [0.29, 0.717) is 17.5 Å². The Morgan fingerprint density at radius 2 is 2.11 bits per heavy atom. The first-order chi connectivity index (χ1) is 13.3. The molecule has 0 bridgehead atoms. The van der Waals surface area contributed by atoms with Crippen LogP contribution in [0.15, 0.2) is 18.2 Å². The number of amides is 1. The van der Waals surface area contributed by atoms with Crippen molar-refractivity contribution in [2.45, 2.75) is 45.6 Å². The highest BCUT2D eigenvalue weighted by atomic mass is 16.6. The highest BCUT2D eigenvalue weighted by Gasteiger charge is 2.29. The Morgan fingerprint density at radius 1 is 1.36 bits per heavy atom. The van der Waals surface area contributed by atoms with Crippen molar-refractivity contribution in [3.63, 3.8) is 0 Å². The van der Waals surface area contributed by atoms with E-state index in [4.69, 9.17) is 4.74 Å². The Balaban J connectivity index is 1.64. The minimum atomic E-state index is -0.740. The monoisotopic (exact) mass is 389 g/mol. The molecule has 0 spiro atoms. The van der Waals surface area contributed by atoms with E-state index in [1.807, 2.05) is 11.8 Å². The summed E-state index contributed by atoms with van der Waals surface area (Å²) in [6, 6.07) is 4.43. The average Bonchev–Trinajstić information content (AvgIpc) is 3.51. The average molecular weight is 389 g/mol. The Morgan fingerprint density at radius 3 is 2.75 bits per heavy atom. The number of rotatable bonds is 7. The first-order valence-corrected chi connectivity index (χ1v) is 9.85. The molecule has 1 aliphatic heterocycles. The van der Waals surface area contributed by atoms with Crippen LogP contribution >= 0.6 is 0 Å². The third-order valence-corrected chi connectivity index (χ3v) is 5.46. The maximum atomic E-state index is 12.3. The zero-order valence-corrected chi connectivity index (χ0v) is 16.3. The SMILES string of the molecule is C[C@H]1CCCN(c2ccc(C(=O)OCC(=O)N[C@@H](C)C3CC3)cc2[N+](=O)[O-])C1. The lowest BCUT2D eigenvalue weighted by Crippen LogP contribution is -2.37. The fourth-order valence-corrected chi connectivity index (χ4v) is 3.70. The summed E-state index contributed by atoms with van der Waals surface area (Å²) in [5.41, 5.74) is 0.475. The van der Waals surface area contributed by atoms with Gasteiger partial charge in [-0.15, -0.1) is 0 Å². The van der Waals surface area contributed by atoms with Gasteiger partial charge in [0.05, 0.1) is 10.5 Å². The standard InChI is InChI=1S/C20H27N3O5/c1-13-4-3-9-22(11-13)17-8-7-16(10-18(17)23(26)27)20(25)28-12-19(24)21-14(2)15-5-6-15/h7-8,10,13-15H,3-6,9,11-12H2,1-2H3,(H,21,24)/t13-,14-/m0/s1. The van der Waals surface area contributed by atoms with Gasteiger partial charge in [-0.1, -0.05) is 6.92 Å². The number of piperidine rings is 1. The molecule has 1 aromatic rings. The second-order valence-electron chi connectivity index (χ2n) is 7.92. The molecule has 2 aliphatic rings. The summed E-state index contributed by atoms with van der Waals surface area (Å²) < 4.78 is 5.04. The van der Waals surface area contributed by atoms with Gasteiger partial charge in [-0.3, -0.25) is 14.9 Å². The lowest BCUT2D eigenvalue weighted by Gasteiger charge is -2.32. The van der Waals surface area contributed by atoms with Gasteiger partial charge in [-0.25, -0.2) is 4.79 Å². The molecule has 1 saturated carbocycles. The van der Waals surface area contributed by atoms with Crippen LogP contribution in [0.25, 0.3) is 0 Å². The molecule has 28 heavy (non-hydrogen) atoms. The molecule has 2 fully saturated rings. The van der Waals surface area contributed by atoms with Gasteiger partial charge in [-0.2, -0.15) is 0 Å². The topological polar surface area (TPSA) is 102 Å². The fraction of sp³-hybridized carbons (Fsp3) is 0.600. The van der Waals surface area contributed by atoms with Gasteiger partial charge < -0.3 is 15.0 Å². The molecule has 0 radical (unpaired) electrons. The number of ether oxygens (including phenoxy) is 1. The maximum Gasteiger partial charge on any atom is 0.338 e. The predicted molar refractivity (Wildman–Crippen MR) is 104 cm³/mol. The molecule has 1 N–H and O–H groups in total. The van der Waals surface area contributed by atoms with Crippen molar-refractivity contribution in [3.8, 4) is 0 Å². The minimum Gasteiger partial charge on any atom is -0.452 e. The number of nitro benzene ring substituents is 1. The van der Waals surface area contributed by atoms with E-state index in [1.165, 1.54) is 12.1 Å². The van der Waals surface area contributed by atoms with Gasteiger partial charge in [0, 0.05) is 25.2 Å². The van der Waals surface area contributed by atoms with Crippen LogP contribution in [-0.2, 0) is 9.53 Å². The number of esters is 1. The number of hydrogen-bond acceptors (Lipinski definition) is 6. The molecule has 8 nitrogen and oxygen atoms in total. The number of benzene rings is 1. The molecule has 152 valence electrons. The molecule has 1 aliphatic carbocycles. The smallest absolute Gasteiger partial charge is 0.338 e. The van der Waals surface area contributed by atoms with E-state index >= 15 is 0 Å². The predicted octanol–water partition coefficient (Wildman–Crippen LogP) is 2.90. The van der Waals surface area contributed by atoms with Crippen LogP contribution in [0.3, 0.4) is 0 Å². The van der Waals surface area contributed by atoms with Crippen molar-refractivity contribution in [2.24, 2.45) is 11.8 Å². The molecule has 1 aromatic carbocycles. The van der Waals surface area contributed by atoms with Gasteiger partial charge in [0.2, 0.25) is 0 Å². The number of nitrogens with zero attached hydrogens (tertiary/aromatic N) is 2. The van der Waals surface area contributed by atoms with Crippen LogP contribution in [0.1, 0.15) is 49.9 Å². The summed E-state index contributed by atoms with van der Waals surface area (Å²) >= 11 is 0. The summed E-state index contributed by atoms with van der Waals surface area (Å²) in [5, 5.41) is 14.3. The van der Waals surface area contributed by atoms with Gasteiger partial charge in [-0.05, 0) is 56.6 Å². The molecule has 2 atom stereocenters. The number of nitro groups is 1. The van der Waals surface area contributed by atoms with Gasteiger partial charge in [0.25, 0.3) is 11.6 Å². The largest absolute Gasteiger partial charge is 0.452 e. The molecule has 0 unspecified atom stereocenters. The summed E-state index contributed by atoms with van der Waals surface area (Å²) in [5.74, 6) is -0.126. The molecule has 8 heteroatoms. The summed E-state index contributed by atoms with van der Waals surface area (Å²) in [6.07, 6.45) is 4.30. The minimum absolute atomic E-state index is 0.0681. The molecule has 1 heterocycles. The zero-order valence-electron chi connectivity index (χ0n) is 16.3. The Hall–Kier alpha value is -2.64.